The van der Waals surface area contributed by atoms with Crippen molar-refractivity contribution in [3.8, 4) is 11.1 Å². The fraction of sp³-hybridized carbons (Fsp3) is 0.0833. The average Bonchev–Trinajstić information content (AvgIpc) is 2.25. The molecule has 1 aromatic heterocycles. The van der Waals surface area contributed by atoms with E-state index in [0.29, 0.717) is 5.56 Å². The summed E-state index contributed by atoms with van der Waals surface area (Å²) in [5.74, 6) is -0.482. The van der Waals surface area contributed by atoms with E-state index in [2.05, 4.69) is 0 Å². The molecule has 15 heavy (non-hydrogen) atoms. The second-order valence-corrected chi connectivity index (χ2v) is 3.35. The number of hydrogen-bond acceptors (Lipinski definition) is 1. The molecule has 0 saturated carbocycles. The Morgan fingerprint density at radius 1 is 1.20 bits per heavy atom. The maximum atomic E-state index is 13.5. The first-order valence-electron chi connectivity index (χ1n) is 4.60. The molecule has 0 aliphatic carbocycles. The Kier molecular flexibility index (Phi) is 2.37. The molecule has 0 N–H and O–H groups in total. The van der Waals surface area contributed by atoms with E-state index in [1.807, 2.05) is 30.3 Å². The smallest absolute Gasteiger partial charge is 0.253 e. The van der Waals surface area contributed by atoms with Crippen molar-refractivity contribution in [1.82, 2.24) is 4.57 Å². The van der Waals surface area contributed by atoms with Crippen LogP contribution in [0.15, 0.2) is 47.4 Å². The van der Waals surface area contributed by atoms with Gasteiger partial charge in [0.15, 0.2) is 0 Å². The zero-order valence-electron chi connectivity index (χ0n) is 8.27. The molecular formula is C12H10FNO. The first-order chi connectivity index (χ1) is 7.18. The molecule has 1 heterocycles. The molecule has 0 bridgehead atoms. The molecule has 2 aromatic rings. The third-order valence-corrected chi connectivity index (χ3v) is 2.26. The molecule has 2 nitrogen and oxygen atoms in total. The predicted molar refractivity (Wildman–Crippen MR) is 57.1 cm³/mol. The highest BCUT2D eigenvalue weighted by molar-refractivity contribution is 5.62. The first kappa shape index (κ1) is 9.65. The molecule has 0 aliphatic rings. The number of hydrogen-bond donors (Lipinski definition) is 0. The standard InChI is InChI=1S/C12H10FNO/c1-14-8-10(11(13)7-12(14)15)9-5-3-2-4-6-9/h2-8H,1H3. The van der Waals surface area contributed by atoms with Crippen LogP contribution in [0.1, 0.15) is 0 Å². The second-order valence-electron chi connectivity index (χ2n) is 3.35. The van der Waals surface area contributed by atoms with E-state index >= 15 is 0 Å². The lowest BCUT2D eigenvalue weighted by Crippen LogP contribution is -2.15. The molecule has 0 spiro atoms. The van der Waals surface area contributed by atoms with Gasteiger partial charge >= 0.3 is 0 Å². The molecule has 3 heteroatoms. The molecule has 0 amide bonds. The summed E-state index contributed by atoms with van der Waals surface area (Å²) in [6, 6.07) is 10.2. The molecule has 0 fully saturated rings. The Balaban J connectivity index is 2.64. The Morgan fingerprint density at radius 2 is 1.87 bits per heavy atom. The summed E-state index contributed by atoms with van der Waals surface area (Å²) in [7, 11) is 1.61. The van der Waals surface area contributed by atoms with Crippen LogP contribution in [-0.2, 0) is 7.05 Å². The minimum atomic E-state index is -0.482. The van der Waals surface area contributed by atoms with Crippen molar-refractivity contribution in [3.63, 3.8) is 0 Å². The number of aromatic nitrogens is 1. The van der Waals surface area contributed by atoms with Crippen LogP contribution in [-0.4, -0.2) is 4.57 Å². The molecule has 76 valence electrons. The Morgan fingerprint density at radius 3 is 2.53 bits per heavy atom. The minimum Gasteiger partial charge on any atom is -0.318 e. The lowest BCUT2D eigenvalue weighted by Gasteiger charge is -2.05. The van der Waals surface area contributed by atoms with E-state index in [0.717, 1.165) is 11.6 Å². The summed E-state index contributed by atoms with van der Waals surface area (Å²) >= 11 is 0. The van der Waals surface area contributed by atoms with Gasteiger partial charge in [0.25, 0.3) is 5.56 Å². The lowest BCUT2D eigenvalue weighted by atomic mass is 10.1. The molecule has 1 aromatic carbocycles. The van der Waals surface area contributed by atoms with Gasteiger partial charge in [-0.25, -0.2) is 4.39 Å². The van der Waals surface area contributed by atoms with Crippen LogP contribution < -0.4 is 5.56 Å². The fourth-order valence-corrected chi connectivity index (χ4v) is 1.44. The highest BCUT2D eigenvalue weighted by Gasteiger charge is 2.06. The van der Waals surface area contributed by atoms with Gasteiger partial charge in [-0.15, -0.1) is 0 Å². The zero-order valence-corrected chi connectivity index (χ0v) is 8.27. The highest BCUT2D eigenvalue weighted by Crippen LogP contribution is 2.20. The van der Waals surface area contributed by atoms with E-state index in [1.165, 1.54) is 10.8 Å². The third kappa shape index (κ3) is 1.81. The van der Waals surface area contributed by atoms with Crippen molar-refractivity contribution in [2.75, 3.05) is 0 Å². The van der Waals surface area contributed by atoms with Gasteiger partial charge < -0.3 is 4.57 Å². The summed E-state index contributed by atoms with van der Waals surface area (Å²) in [5.41, 5.74) is 0.871. The molecule has 0 atom stereocenters. The lowest BCUT2D eigenvalue weighted by molar-refractivity contribution is 0.620. The Hall–Kier alpha value is -1.90. The van der Waals surface area contributed by atoms with Crippen molar-refractivity contribution in [2.24, 2.45) is 7.05 Å². The Bertz CT molecular complexity index is 531. The van der Waals surface area contributed by atoms with E-state index < -0.39 is 5.82 Å². The van der Waals surface area contributed by atoms with Crippen molar-refractivity contribution >= 4 is 0 Å². The van der Waals surface area contributed by atoms with Crippen molar-refractivity contribution in [1.29, 1.82) is 0 Å². The van der Waals surface area contributed by atoms with Gasteiger partial charge in [-0.3, -0.25) is 4.79 Å². The maximum Gasteiger partial charge on any atom is 0.253 e. The number of benzene rings is 1. The van der Waals surface area contributed by atoms with Crippen LogP contribution in [0.4, 0.5) is 4.39 Å². The molecule has 0 unspecified atom stereocenters. The van der Waals surface area contributed by atoms with Crippen molar-refractivity contribution in [3.05, 3.63) is 58.8 Å². The summed E-state index contributed by atoms with van der Waals surface area (Å²) in [4.78, 5) is 11.1. The van der Waals surface area contributed by atoms with Crippen LogP contribution in [0.3, 0.4) is 0 Å². The SMILES string of the molecule is Cn1cc(-c2ccccc2)c(F)cc1=O. The van der Waals surface area contributed by atoms with Crippen LogP contribution in [0, 0.1) is 5.82 Å². The van der Waals surface area contributed by atoms with Crippen LogP contribution in [0.2, 0.25) is 0 Å². The second kappa shape index (κ2) is 3.69. The zero-order chi connectivity index (χ0) is 10.8. The van der Waals surface area contributed by atoms with Gasteiger partial charge in [0.2, 0.25) is 0 Å². The minimum absolute atomic E-state index is 0.341. The van der Waals surface area contributed by atoms with Crippen LogP contribution in [0.25, 0.3) is 11.1 Å². The van der Waals surface area contributed by atoms with Gasteiger partial charge in [-0.05, 0) is 5.56 Å². The van der Waals surface area contributed by atoms with Crippen molar-refractivity contribution < 1.29 is 4.39 Å². The fourth-order valence-electron chi connectivity index (χ4n) is 1.44. The van der Waals surface area contributed by atoms with Crippen LogP contribution in [0.5, 0.6) is 0 Å². The normalized spacial score (nSPS) is 10.3. The first-order valence-corrected chi connectivity index (χ1v) is 4.60. The number of rotatable bonds is 1. The Labute approximate surface area is 86.6 Å². The predicted octanol–water partition coefficient (Wildman–Crippen LogP) is 2.19. The van der Waals surface area contributed by atoms with Gasteiger partial charge in [0.1, 0.15) is 5.82 Å². The molecule has 0 saturated heterocycles. The van der Waals surface area contributed by atoms with Crippen molar-refractivity contribution in [2.45, 2.75) is 0 Å². The van der Waals surface area contributed by atoms with Gasteiger partial charge in [-0.2, -0.15) is 0 Å². The maximum absolute atomic E-state index is 13.5. The van der Waals surface area contributed by atoms with E-state index in [9.17, 15) is 9.18 Å². The largest absolute Gasteiger partial charge is 0.318 e. The average molecular weight is 203 g/mol. The molecule has 0 radical (unpaired) electrons. The summed E-state index contributed by atoms with van der Waals surface area (Å²) < 4.78 is 14.9. The van der Waals surface area contributed by atoms with Gasteiger partial charge in [0.05, 0.1) is 0 Å². The van der Waals surface area contributed by atoms with E-state index in [4.69, 9.17) is 0 Å². The number of pyridine rings is 1. The topological polar surface area (TPSA) is 22.0 Å². The number of aryl methyl sites for hydroxylation is 1. The van der Waals surface area contributed by atoms with Gasteiger partial charge in [-0.1, -0.05) is 30.3 Å². The van der Waals surface area contributed by atoms with Crippen LogP contribution >= 0.6 is 0 Å². The summed E-state index contributed by atoms with van der Waals surface area (Å²) in [5, 5.41) is 0. The molecular weight excluding hydrogens is 193 g/mol. The highest BCUT2D eigenvalue weighted by atomic mass is 19.1. The molecule has 2 rings (SSSR count). The summed E-state index contributed by atoms with van der Waals surface area (Å²) in [6.45, 7) is 0. The van der Waals surface area contributed by atoms with E-state index in [1.54, 1.807) is 7.05 Å². The quantitative estimate of drug-likeness (QED) is 0.696. The van der Waals surface area contributed by atoms with Gasteiger partial charge in [0, 0.05) is 24.9 Å². The number of nitrogens with zero attached hydrogens (tertiary/aromatic N) is 1. The van der Waals surface area contributed by atoms with E-state index in [-0.39, 0.29) is 5.56 Å². The molecule has 0 aliphatic heterocycles. The third-order valence-electron chi connectivity index (χ3n) is 2.26. The monoisotopic (exact) mass is 203 g/mol. The summed E-state index contributed by atoms with van der Waals surface area (Å²) in [6.07, 6.45) is 1.51. The number of halogens is 1.